The third-order valence-electron chi connectivity index (χ3n) is 1.32. The van der Waals surface area contributed by atoms with Gasteiger partial charge in [-0.1, -0.05) is 6.07 Å². The predicted octanol–water partition coefficient (Wildman–Crippen LogP) is 0.530. The molecule has 0 fully saturated rings. The van der Waals surface area contributed by atoms with Gasteiger partial charge in [0.25, 0.3) is 15.9 Å². The molecule has 0 spiro atoms. The highest BCUT2D eigenvalue weighted by molar-refractivity contribution is 7.89. The Kier molecular flexibility index (Phi) is 2.85. The molecule has 0 aromatic heterocycles. The molecule has 6 heteroatoms. The summed E-state index contributed by atoms with van der Waals surface area (Å²) < 4.78 is 36.7. The zero-order chi connectivity index (χ0) is 10.8. The topological polar surface area (TPSA) is 65.3 Å². The number of hydrogen-bond acceptors (Lipinski definition) is 3. The highest BCUT2D eigenvalue weighted by Crippen LogP contribution is 2.04. The number of hydrogen-bond donors (Lipinski definition) is 0. The molecule has 1 amide bonds. The third-order valence-corrected chi connectivity index (χ3v) is 1.82. The summed E-state index contributed by atoms with van der Waals surface area (Å²) in [7, 11) is -3.73. The number of carbonyl (C=O) groups is 1. The van der Waals surface area contributed by atoms with Crippen LogP contribution in [0, 0.1) is 5.82 Å². The standard InChI is InChI=1S/C8H7FNO3S/c1-14(12,13)10-8(11)6-3-2-4-7(9)5-6/h2-5H,1H3. The predicted molar refractivity (Wildman–Crippen MR) is 47.7 cm³/mol. The Bertz CT molecular complexity index is 455. The second-order valence-electron chi connectivity index (χ2n) is 2.64. The van der Waals surface area contributed by atoms with E-state index in [2.05, 4.69) is 4.72 Å². The van der Waals surface area contributed by atoms with Gasteiger partial charge in [-0.3, -0.25) is 4.79 Å². The van der Waals surface area contributed by atoms with Crippen molar-refractivity contribution in [2.75, 3.05) is 6.26 Å². The summed E-state index contributed by atoms with van der Waals surface area (Å²) in [6.45, 7) is 0. The van der Waals surface area contributed by atoms with Gasteiger partial charge < -0.3 is 0 Å². The summed E-state index contributed by atoms with van der Waals surface area (Å²) in [5, 5.41) is 0. The van der Waals surface area contributed by atoms with E-state index >= 15 is 0 Å². The van der Waals surface area contributed by atoms with Gasteiger partial charge in [-0.2, -0.15) is 0 Å². The van der Waals surface area contributed by atoms with Crippen LogP contribution in [0.3, 0.4) is 0 Å². The lowest BCUT2D eigenvalue weighted by atomic mass is 10.2. The molecular weight excluding hydrogens is 209 g/mol. The Labute approximate surface area is 80.8 Å². The largest absolute Gasteiger partial charge is 0.287 e. The number of amides is 1. The van der Waals surface area contributed by atoms with Crippen LogP contribution >= 0.6 is 0 Å². The van der Waals surface area contributed by atoms with Gasteiger partial charge in [0.05, 0.1) is 6.26 Å². The molecule has 0 bridgehead atoms. The SMILES string of the molecule is CS(=O)(=O)[N]C(=O)c1cccc(F)c1. The number of sulfonamides is 1. The molecule has 0 N–H and O–H groups in total. The van der Waals surface area contributed by atoms with E-state index < -0.39 is 21.7 Å². The first kappa shape index (κ1) is 10.6. The van der Waals surface area contributed by atoms with E-state index in [9.17, 15) is 17.6 Å². The summed E-state index contributed by atoms with van der Waals surface area (Å²) in [5.74, 6) is -1.58. The van der Waals surface area contributed by atoms with Crippen molar-refractivity contribution in [2.45, 2.75) is 0 Å². The van der Waals surface area contributed by atoms with E-state index in [1.165, 1.54) is 12.1 Å². The van der Waals surface area contributed by atoms with E-state index in [1.54, 1.807) is 0 Å². The second kappa shape index (κ2) is 3.75. The van der Waals surface area contributed by atoms with Crippen molar-refractivity contribution in [3.63, 3.8) is 0 Å². The van der Waals surface area contributed by atoms with Crippen molar-refractivity contribution >= 4 is 15.9 Å². The molecule has 75 valence electrons. The molecule has 1 aromatic rings. The van der Waals surface area contributed by atoms with E-state index in [0.29, 0.717) is 0 Å². The number of carbonyl (C=O) groups excluding carboxylic acids is 1. The maximum Gasteiger partial charge on any atom is 0.287 e. The average Bonchev–Trinajstić information content (AvgIpc) is 2.01. The van der Waals surface area contributed by atoms with Crippen LogP contribution in [0.1, 0.15) is 10.4 Å². The first-order valence-corrected chi connectivity index (χ1v) is 5.46. The van der Waals surface area contributed by atoms with Gasteiger partial charge in [0.1, 0.15) is 5.82 Å². The minimum absolute atomic E-state index is 0.0876. The number of nitrogens with zero attached hydrogens (tertiary/aromatic N) is 1. The molecule has 1 aromatic carbocycles. The van der Waals surface area contributed by atoms with E-state index in [0.717, 1.165) is 18.4 Å². The molecule has 0 saturated carbocycles. The second-order valence-corrected chi connectivity index (χ2v) is 4.29. The van der Waals surface area contributed by atoms with Crippen LogP contribution in [-0.2, 0) is 10.0 Å². The van der Waals surface area contributed by atoms with Crippen molar-refractivity contribution in [2.24, 2.45) is 0 Å². The quantitative estimate of drug-likeness (QED) is 0.724. The van der Waals surface area contributed by atoms with Gasteiger partial charge in [0.15, 0.2) is 0 Å². The zero-order valence-corrected chi connectivity index (χ0v) is 8.08. The summed E-state index contributed by atoms with van der Waals surface area (Å²) in [6, 6.07) is 4.68. The maximum atomic E-state index is 12.6. The van der Waals surface area contributed by atoms with E-state index in [1.807, 2.05) is 0 Å². The molecule has 0 unspecified atom stereocenters. The molecular formula is C8H7FNO3S. The number of halogens is 1. The molecule has 0 heterocycles. The smallest absolute Gasteiger partial charge is 0.266 e. The maximum absolute atomic E-state index is 12.6. The van der Waals surface area contributed by atoms with Gasteiger partial charge in [-0.05, 0) is 18.2 Å². The molecule has 4 nitrogen and oxygen atoms in total. The zero-order valence-electron chi connectivity index (χ0n) is 7.27. The fourth-order valence-corrected chi connectivity index (χ4v) is 1.23. The molecule has 0 atom stereocenters. The lowest BCUT2D eigenvalue weighted by Crippen LogP contribution is -2.21. The van der Waals surface area contributed by atoms with Crippen LogP contribution in [0.2, 0.25) is 0 Å². The van der Waals surface area contributed by atoms with Crippen LogP contribution in [0.25, 0.3) is 0 Å². The minimum atomic E-state index is -3.73. The van der Waals surface area contributed by atoms with Crippen molar-refractivity contribution in [1.29, 1.82) is 0 Å². The Hall–Kier alpha value is -1.43. The van der Waals surface area contributed by atoms with Crippen molar-refractivity contribution < 1.29 is 17.6 Å². The molecule has 14 heavy (non-hydrogen) atoms. The average molecular weight is 216 g/mol. The number of benzene rings is 1. The molecule has 0 aliphatic rings. The fraction of sp³-hybridized carbons (Fsp3) is 0.125. The Balaban J connectivity index is 2.91. The summed E-state index contributed by atoms with van der Waals surface area (Å²) in [6.07, 6.45) is 0.796. The van der Waals surface area contributed by atoms with Crippen LogP contribution in [0.5, 0.6) is 0 Å². The summed E-state index contributed by atoms with van der Waals surface area (Å²) in [4.78, 5) is 11.1. The monoisotopic (exact) mass is 216 g/mol. The molecule has 0 saturated heterocycles. The Morgan fingerprint density at radius 1 is 1.43 bits per heavy atom. The highest BCUT2D eigenvalue weighted by atomic mass is 32.2. The Morgan fingerprint density at radius 2 is 2.07 bits per heavy atom. The van der Waals surface area contributed by atoms with Gasteiger partial charge in [0, 0.05) is 5.56 Å². The van der Waals surface area contributed by atoms with Gasteiger partial charge in [-0.15, -0.1) is 4.72 Å². The molecule has 1 rings (SSSR count). The van der Waals surface area contributed by atoms with Gasteiger partial charge in [0.2, 0.25) is 0 Å². The third kappa shape index (κ3) is 3.14. The highest BCUT2D eigenvalue weighted by Gasteiger charge is 2.13. The molecule has 0 aliphatic carbocycles. The summed E-state index contributed by atoms with van der Waals surface area (Å²) >= 11 is 0. The normalized spacial score (nSPS) is 11.0. The molecule has 0 aliphatic heterocycles. The number of rotatable bonds is 2. The van der Waals surface area contributed by atoms with E-state index in [4.69, 9.17) is 0 Å². The van der Waals surface area contributed by atoms with Gasteiger partial charge in [-0.25, -0.2) is 12.8 Å². The first-order valence-electron chi connectivity index (χ1n) is 3.61. The van der Waals surface area contributed by atoms with Crippen molar-refractivity contribution in [3.05, 3.63) is 35.6 Å². The van der Waals surface area contributed by atoms with Gasteiger partial charge >= 0.3 is 0 Å². The fourth-order valence-electron chi connectivity index (χ4n) is 0.825. The van der Waals surface area contributed by atoms with Crippen LogP contribution < -0.4 is 4.72 Å². The lowest BCUT2D eigenvalue weighted by Gasteiger charge is -1.98. The first-order chi connectivity index (χ1) is 6.38. The van der Waals surface area contributed by atoms with Crippen LogP contribution in [0.15, 0.2) is 24.3 Å². The van der Waals surface area contributed by atoms with Crippen molar-refractivity contribution in [3.8, 4) is 0 Å². The van der Waals surface area contributed by atoms with Crippen molar-refractivity contribution in [1.82, 2.24) is 4.72 Å². The Morgan fingerprint density at radius 3 is 2.57 bits per heavy atom. The van der Waals surface area contributed by atoms with Crippen LogP contribution in [0.4, 0.5) is 4.39 Å². The lowest BCUT2D eigenvalue weighted by molar-refractivity contribution is 0.0978. The molecule has 1 radical (unpaired) electrons. The summed E-state index contributed by atoms with van der Waals surface area (Å²) in [5.41, 5.74) is -0.0876. The minimum Gasteiger partial charge on any atom is -0.266 e. The van der Waals surface area contributed by atoms with Crippen LogP contribution in [-0.4, -0.2) is 20.6 Å². The van der Waals surface area contributed by atoms with E-state index in [-0.39, 0.29) is 5.56 Å².